The molecule has 5 heterocycles. The number of benzene rings is 3. The van der Waals surface area contributed by atoms with Crippen LogP contribution in [0.25, 0.3) is 11.3 Å². The third-order valence-corrected chi connectivity index (χ3v) is 12.1. The van der Waals surface area contributed by atoms with E-state index in [-0.39, 0.29) is 39.9 Å². The van der Waals surface area contributed by atoms with Crippen LogP contribution in [0, 0.1) is 24.1 Å². The van der Waals surface area contributed by atoms with E-state index in [0.717, 1.165) is 87.0 Å². The van der Waals surface area contributed by atoms with Gasteiger partial charge in [-0.3, -0.25) is 40.2 Å². The van der Waals surface area contributed by atoms with E-state index in [2.05, 4.69) is 47.6 Å². The molecule has 20 heteroatoms. The number of amides is 4. The zero-order chi connectivity index (χ0) is 44.6. The molecule has 0 unspecified atom stereocenters. The maximum absolute atomic E-state index is 15.9. The molecule has 330 valence electrons. The molecule has 0 aliphatic carbocycles. The molecule has 1 aromatic heterocycles. The van der Waals surface area contributed by atoms with Gasteiger partial charge in [0.1, 0.15) is 17.3 Å². The summed E-state index contributed by atoms with van der Waals surface area (Å²) < 4.78 is 55.6. The highest BCUT2D eigenvalue weighted by atomic mass is 19.4. The fraction of sp³-hybridized carbons (Fsp3) is 0.372. The third-order valence-electron chi connectivity index (χ3n) is 12.1. The zero-order valence-electron chi connectivity index (χ0n) is 34.4. The molecule has 16 nitrogen and oxygen atoms in total. The molecule has 4 amide bonds. The number of rotatable bonds is 8. The number of fused-ring (bicyclic) bond motifs is 2. The first-order chi connectivity index (χ1) is 30.2. The lowest BCUT2D eigenvalue weighted by Gasteiger charge is -2.40. The number of hydrogen-bond acceptors (Lipinski definition) is 10. The van der Waals surface area contributed by atoms with Gasteiger partial charge in [-0.25, -0.2) is 13.9 Å². The largest absolute Gasteiger partial charge is 0.449 e. The minimum Gasteiger partial charge on any atom is -0.379 e. The van der Waals surface area contributed by atoms with E-state index in [0.29, 0.717) is 44.0 Å². The van der Waals surface area contributed by atoms with Crippen LogP contribution < -0.4 is 36.4 Å². The van der Waals surface area contributed by atoms with Crippen LogP contribution in [0.15, 0.2) is 59.6 Å². The number of aliphatic imine (C=N–C) groups is 1. The molecule has 3 saturated heterocycles. The van der Waals surface area contributed by atoms with Gasteiger partial charge in [0.05, 0.1) is 5.56 Å². The molecule has 63 heavy (non-hydrogen) atoms. The number of carbonyl (C=O) groups excluding carboxylic acids is 4. The summed E-state index contributed by atoms with van der Waals surface area (Å²) in [5, 5.41) is 19.7. The summed E-state index contributed by atoms with van der Waals surface area (Å²) in [6.07, 6.45) is -1.34. The Morgan fingerprint density at radius 2 is 1.60 bits per heavy atom. The number of urea groups is 1. The Balaban J connectivity index is 0.850. The molecule has 0 saturated carbocycles. The third kappa shape index (κ3) is 9.06. The average molecular weight is 871 g/mol. The number of nitrogens with two attached hydrogens (primary N) is 1. The molecule has 0 radical (unpaired) electrons. The molecule has 8 rings (SSSR count). The lowest BCUT2D eigenvalue weighted by Crippen LogP contribution is -2.49. The summed E-state index contributed by atoms with van der Waals surface area (Å²) in [5.74, 6) is -4.19. The number of nitrogens with zero attached hydrogens (tertiary/aromatic N) is 7. The van der Waals surface area contributed by atoms with Crippen LogP contribution >= 0.6 is 0 Å². The highest BCUT2D eigenvalue weighted by Gasteiger charge is 2.34. The van der Waals surface area contributed by atoms with Crippen molar-refractivity contribution in [3.05, 3.63) is 82.7 Å². The number of hydrogen-bond donors (Lipinski definition) is 5. The molecule has 3 fully saturated rings. The van der Waals surface area contributed by atoms with Crippen LogP contribution in [0.5, 0.6) is 0 Å². The van der Waals surface area contributed by atoms with E-state index in [4.69, 9.17) is 11.1 Å². The minimum absolute atomic E-state index is 0.0516. The molecule has 3 aromatic carbocycles. The Kier molecular flexibility index (Phi) is 11.9. The van der Waals surface area contributed by atoms with Crippen LogP contribution in [0.4, 0.5) is 50.9 Å². The number of guanidine groups is 1. The first-order valence-corrected chi connectivity index (χ1v) is 20.7. The van der Waals surface area contributed by atoms with Gasteiger partial charge in [-0.15, -0.1) is 0 Å². The Bertz CT molecular complexity index is 2490. The van der Waals surface area contributed by atoms with E-state index < -0.39 is 29.7 Å². The van der Waals surface area contributed by atoms with Gasteiger partial charge >= 0.3 is 12.2 Å². The molecule has 4 aromatic rings. The van der Waals surface area contributed by atoms with Crippen molar-refractivity contribution < 1.29 is 36.7 Å². The number of anilines is 5. The van der Waals surface area contributed by atoms with Crippen LogP contribution in [0.1, 0.15) is 51.1 Å². The topological polar surface area (TPSA) is 197 Å². The van der Waals surface area contributed by atoms with E-state index >= 15 is 4.39 Å². The van der Waals surface area contributed by atoms with Crippen molar-refractivity contribution in [2.24, 2.45) is 16.6 Å². The van der Waals surface area contributed by atoms with Crippen molar-refractivity contribution >= 4 is 64.5 Å². The number of amidine groups is 1. The summed E-state index contributed by atoms with van der Waals surface area (Å²) in [6, 6.07) is 16.3. The van der Waals surface area contributed by atoms with Crippen LogP contribution in [-0.2, 0) is 17.8 Å². The molecule has 0 spiro atoms. The Morgan fingerprint density at radius 3 is 2.29 bits per heavy atom. The maximum atomic E-state index is 15.9. The highest BCUT2D eigenvalue weighted by molar-refractivity contribution is 6.09. The van der Waals surface area contributed by atoms with Crippen molar-refractivity contribution in [1.29, 1.82) is 5.41 Å². The lowest BCUT2D eigenvalue weighted by atomic mass is 9.95. The fourth-order valence-electron chi connectivity index (χ4n) is 8.62. The number of imide groups is 1. The fourth-order valence-corrected chi connectivity index (χ4v) is 8.62. The number of aromatic nitrogens is 2. The van der Waals surface area contributed by atoms with Gasteiger partial charge in [0.15, 0.2) is 6.29 Å². The minimum atomic E-state index is -5.00. The number of carbonyl (C=O) groups is 4. The van der Waals surface area contributed by atoms with Crippen LogP contribution in [-0.4, -0.2) is 109 Å². The highest BCUT2D eigenvalue weighted by Crippen LogP contribution is 2.37. The monoisotopic (exact) mass is 870 g/mol. The van der Waals surface area contributed by atoms with Gasteiger partial charge in [0.2, 0.25) is 17.7 Å². The number of alkyl halides is 3. The second kappa shape index (κ2) is 17.5. The second-order valence-electron chi connectivity index (χ2n) is 16.1. The SMILES string of the molecule is Cc1c(C(=O)NC(=N)N=C(N)C(F)(F)F)ccc(-c2nn3c(c2C=O)Nc2ccc(N4CCN(CC5CCN(c6ccc(N7CCC(=O)NC7=O)cc6)CC5)CC4)cc2CC3)c1F. The predicted octanol–water partition coefficient (Wildman–Crippen LogP) is 5.18. The van der Waals surface area contributed by atoms with Gasteiger partial charge < -0.3 is 20.9 Å². The van der Waals surface area contributed by atoms with E-state index in [1.54, 1.807) is 9.58 Å². The normalized spacial score (nSPS) is 17.7. The van der Waals surface area contributed by atoms with Gasteiger partial charge in [-0.2, -0.15) is 23.3 Å². The van der Waals surface area contributed by atoms with Gasteiger partial charge in [-0.05, 0) is 97.8 Å². The first-order valence-electron chi connectivity index (χ1n) is 20.7. The summed E-state index contributed by atoms with van der Waals surface area (Å²) >= 11 is 0. The second-order valence-corrected chi connectivity index (χ2v) is 16.1. The quantitative estimate of drug-likeness (QED) is 0.0682. The molecule has 6 N–H and O–H groups in total. The van der Waals surface area contributed by atoms with Crippen molar-refractivity contribution in [3.8, 4) is 11.3 Å². The number of piperidine rings is 1. The van der Waals surface area contributed by atoms with Crippen LogP contribution in [0.2, 0.25) is 0 Å². The Labute approximate surface area is 359 Å². The molecular formula is C43H46F4N12O4. The predicted molar refractivity (Wildman–Crippen MR) is 230 cm³/mol. The van der Waals surface area contributed by atoms with Gasteiger partial charge in [0.25, 0.3) is 5.91 Å². The number of piperazine rings is 1. The summed E-state index contributed by atoms with van der Waals surface area (Å²) in [4.78, 5) is 60.8. The zero-order valence-corrected chi connectivity index (χ0v) is 34.4. The molecule has 0 bridgehead atoms. The summed E-state index contributed by atoms with van der Waals surface area (Å²) in [5.41, 5.74) is 9.34. The molecule has 4 aliphatic heterocycles. The van der Waals surface area contributed by atoms with Crippen molar-refractivity contribution in [2.45, 2.75) is 45.3 Å². The molecular weight excluding hydrogens is 825 g/mol. The average Bonchev–Trinajstić information content (AvgIpc) is 3.50. The summed E-state index contributed by atoms with van der Waals surface area (Å²) in [7, 11) is 0. The van der Waals surface area contributed by atoms with E-state index in [1.807, 2.05) is 35.6 Å². The lowest BCUT2D eigenvalue weighted by molar-refractivity contribution is -0.120. The number of aryl methyl sites for hydroxylation is 2. The Hall–Kier alpha value is -6.83. The van der Waals surface area contributed by atoms with Crippen molar-refractivity contribution in [1.82, 2.24) is 25.3 Å². The van der Waals surface area contributed by atoms with Crippen molar-refractivity contribution in [3.63, 3.8) is 0 Å². The van der Waals surface area contributed by atoms with Crippen molar-refractivity contribution in [2.75, 3.05) is 72.4 Å². The first kappa shape index (κ1) is 42.8. The number of nitrogens with one attached hydrogen (secondary N) is 4. The van der Waals surface area contributed by atoms with E-state index in [9.17, 15) is 32.3 Å². The smallest absolute Gasteiger partial charge is 0.379 e. The van der Waals surface area contributed by atoms with Crippen LogP contribution in [0.3, 0.4) is 0 Å². The molecule has 0 atom stereocenters. The van der Waals surface area contributed by atoms with Gasteiger partial charge in [-0.1, -0.05) is 0 Å². The van der Waals surface area contributed by atoms with E-state index in [1.165, 1.54) is 19.1 Å². The Morgan fingerprint density at radius 1 is 0.921 bits per heavy atom. The number of aldehydes is 1. The molecule has 4 aliphatic rings. The number of halogens is 4. The summed E-state index contributed by atoms with van der Waals surface area (Å²) in [6.45, 7) is 8.71. The maximum Gasteiger partial charge on any atom is 0.449 e. The standard InChI is InChI=1S/C43H46F4N12O4/c1-25-31(39(62)52-41(49)53-40(48)43(45,46)47)7-8-32(36(25)44)37-33(24-60)38-50-34-9-6-30(22-27(34)12-17-59(38)54-37)57-20-18-55(19-21-57)23-26-10-14-56(15-11-26)28-2-4-29(5-3-28)58-16-13-35(61)51-42(58)63/h2-9,22,24,26,50H,10-21,23H2,1H3,(H,51,61,63)(H4,48,49,52,53,62). The van der Waals surface area contributed by atoms with Gasteiger partial charge in [0, 0.05) is 99.2 Å².